The van der Waals surface area contributed by atoms with E-state index in [-0.39, 0.29) is 11.8 Å². The molecule has 0 radical (unpaired) electrons. The molecule has 1 fully saturated rings. The zero-order chi connectivity index (χ0) is 19.2. The molecule has 3 rings (SSSR count). The van der Waals surface area contributed by atoms with Gasteiger partial charge >= 0.3 is 0 Å². The summed E-state index contributed by atoms with van der Waals surface area (Å²) in [6, 6.07) is 12.0. The molecule has 0 aliphatic carbocycles. The minimum absolute atomic E-state index is 0.00819. The normalized spacial score (nSPS) is 13.8. The number of ether oxygens (including phenoxy) is 2. The lowest BCUT2D eigenvalue weighted by Crippen LogP contribution is -2.35. The van der Waals surface area contributed by atoms with Crippen molar-refractivity contribution in [2.45, 2.75) is 19.3 Å². The minimum atomic E-state index is -0.297. The Balaban J connectivity index is 1.76. The molecule has 1 heterocycles. The van der Waals surface area contributed by atoms with E-state index in [2.05, 4.69) is 5.32 Å². The third-order valence-corrected chi connectivity index (χ3v) is 4.62. The molecule has 6 heteroatoms. The van der Waals surface area contributed by atoms with Crippen molar-refractivity contribution < 1.29 is 19.1 Å². The number of carbonyl (C=O) groups is 2. The maximum atomic E-state index is 12.7. The van der Waals surface area contributed by atoms with E-state index in [0.29, 0.717) is 28.3 Å². The van der Waals surface area contributed by atoms with Gasteiger partial charge < -0.3 is 19.7 Å². The molecule has 27 heavy (non-hydrogen) atoms. The Hall–Kier alpha value is -3.02. The second kappa shape index (κ2) is 8.58. The molecule has 0 spiro atoms. The van der Waals surface area contributed by atoms with Crippen molar-refractivity contribution >= 4 is 17.5 Å². The molecule has 142 valence electrons. The molecule has 2 amide bonds. The van der Waals surface area contributed by atoms with Gasteiger partial charge in [0.25, 0.3) is 11.8 Å². The van der Waals surface area contributed by atoms with Gasteiger partial charge in [-0.05, 0) is 49.6 Å². The molecular weight excluding hydrogens is 344 g/mol. The van der Waals surface area contributed by atoms with Crippen molar-refractivity contribution in [2.75, 3.05) is 32.6 Å². The summed E-state index contributed by atoms with van der Waals surface area (Å²) in [5.74, 6) is 0.783. The number of rotatable bonds is 5. The maximum absolute atomic E-state index is 12.7. The predicted molar refractivity (Wildman–Crippen MR) is 104 cm³/mol. The number of benzene rings is 2. The van der Waals surface area contributed by atoms with Gasteiger partial charge in [0, 0.05) is 36.0 Å². The van der Waals surface area contributed by atoms with Crippen molar-refractivity contribution in [3.8, 4) is 11.5 Å². The van der Waals surface area contributed by atoms with Crippen LogP contribution in [0, 0.1) is 0 Å². The van der Waals surface area contributed by atoms with Gasteiger partial charge in [-0.25, -0.2) is 0 Å². The Bertz CT molecular complexity index is 806. The molecule has 2 aromatic rings. The van der Waals surface area contributed by atoms with Gasteiger partial charge in [0.2, 0.25) is 0 Å². The number of hydrogen-bond donors (Lipinski definition) is 1. The number of piperidine rings is 1. The molecule has 1 saturated heterocycles. The van der Waals surface area contributed by atoms with E-state index >= 15 is 0 Å². The van der Waals surface area contributed by atoms with Gasteiger partial charge in [-0.15, -0.1) is 0 Å². The summed E-state index contributed by atoms with van der Waals surface area (Å²) in [6.07, 6.45) is 3.25. The van der Waals surface area contributed by atoms with Crippen LogP contribution in [0.3, 0.4) is 0 Å². The van der Waals surface area contributed by atoms with Crippen molar-refractivity contribution in [3.63, 3.8) is 0 Å². The molecule has 1 aliphatic heterocycles. The molecule has 2 aromatic carbocycles. The second-order valence-corrected chi connectivity index (χ2v) is 6.49. The lowest BCUT2D eigenvalue weighted by Gasteiger charge is -2.26. The average molecular weight is 368 g/mol. The van der Waals surface area contributed by atoms with Crippen LogP contribution in [0.2, 0.25) is 0 Å². The first-order valence-electron chi connectivity index (χ1n) is 9.04. The van der Waals surface area contributed by atoms with Gasteiger partial charge in [-0.1, -0.05) is 6.07 Å². The molecule has 1 aliphatic rings. The first-order valence-corrected chi connectivity index (χ1v) is 9.04. The fraction of sp³-hybridized carbons (Fsp3) is 0.333. The van der Waals surface area contributed by atoms with Crippen molar-refractivity contribution in [1.29, 1.82) is 0 Å². The van der Waals surface area contributed by atoms with Crippen LogP contribution in [0.1, 0.15) is 40.0 Å². The maximum Gasteiger partial charge on any atom is 0.255 e. The van der Waals surface area contributed by atoms with Gasteiger partial charge in [0.1, 0.15) is 11.5 Å². The number of hydrogen-bond acceptors (Lipinski definition) is 4. The third kappa shape index (κ3) is 4.58. The van der Waals surface area contributed by atoms with Crippen LogP contribution >= 0.6 is 0 Å². The number of nitrogens with one attached hydrogen (secondary N) is 1. The molecule has 0 saturated carbocycles. The van der Waals surface area contributed by atoms with Gasteiger partial charge in [-0.3, -0.25) is 9.59 Å². The molecule has 6 nitrogen and oxygen atoms in total. The molecule has 0 atom stereocenters. The van der Waals surface area contributed by atoms with Crippen LogP contribution in [-0.4, -0.2) is 44.0 Å². The Morgan fingerprint density at radius 3 is 2.19 bits per heavy atom. The first-order chi connectivity index (χ1) is 13.1. The van der Waals surface area contributed by atoms with E-state index in [1.165, 1.54) is 20.6 Å². The minimum Gasteiger partial charge on any atom is -0.497 e. The summed E-state index contributed by atoms with van der Waals surface area (Å²) in [4.78, 5) is 27.1. The topological polar surface area (TPSA) is 67.9 Å². The predicted octanol–water partition coefficient (Wildman–Crippen LogP) is 3.58. The highest BCUT2D eigenvalue weighted by atomic mass is 16.5. The Kier molecular flexibility index (Phi) is 5.96. The van der Waals surface area contributed by atoms with E-state index in [1.807, 2.05) is 4.90 Å². The van der Waals surface area contributed by atoms with Crippen LogP contribution in [-0.2, 0) is 0 Å². The highest BCUT2D eigenvalue weighted by molar-refractivity contribution is 6.05. The van der Waals surface area contributed by atoms with E-state index < -0.39 is 0 Å². The quantitative estimate of drug-likeness (QED) is 0.876. The second-order valence-electron chi connectivity index (χ2n) is 6.49. The zero-order valence-electron chi connectivity index (χ0n) is 15.7. The van der Waals surface area contributed by atoms with Crippen LogP contribution in [0.25, 0.3) is 0 Å². The Morgan fingerprint density at radius 1 is 0.889 bits per heavy atom. The number of carbonyl (C=O) groups excluding carboxylic acids is 2. The van der Waals surface area contributed by atoms with Crippen LogP contribution < -0.4 is 14.8 Å². The van der Waals surface area contributed by atoms with E-state index in [0.717, 1.165) is 25.9 Å². The van der Waals surface area contributed by atoms with Gasteiger partial charge in [-0.2, -0.15) is 0 Å². The lowest BCUT2D eigenvalue weighted by molar-refractivity contribution is 0.0724. The van der Waals surface area contributed by atoms with Crippen molar-refractivity contribution in [2.24, 2.45) is 0 Å². The van der Waals surface area contributed by atoms with Crippen molar-refractivity contribution in [3.05, 3.63) is 53.6 Å². The molecular formula is C21H24N2O4. The molecule has 1 N–H and O–H groups in total. The number of likely N-dealkylation sites (tertiary alicyclic amines) is 1. The third-order valence-electron chi connectivity index (χ3n) is 4.62. The fourth-order valence-corrected chi connectivity index (χ4v) is 3.15. The molecule has 0 bridgehead atoms. The standard InChI is InChI=1S/C21H24N2O4/c1-26-18-12-16(13-19(14-18)27-2)20(24)22-17-8-6-7-15(11-17)21(25)23-9-4-3-5-10-23/h6-8,11-14H,3-5,9-10H2,1-2H3,(H,22,24). The SMILES string of the molecule is COc1cc(OC)cc(C(=O)Nc2cccc(C(=O)N3CCCCC3)c2)c1. The highest BCUT2D eigenvalue weighted by Crippen LogP contribution is 2.23. The fourth-order valence-electron chi connectivity index (χ4n) is 3.15. The van der Waals surface area contributed by atoms with E-state index in [9.17, 15) is 9.59 Å². The molecule has 0 aromatic heterocycles. The Morgan fingerprint density at radius 2 is 1.56 bits per heavy atom. The smallest absolute Gasteiger partial charge is 0.255 e. The van der Waals surface area contributed by atoms with Crippen LogP contribution in [0.5, 0.6) is 11.5 Å². The van der Waals surface area contributed by atoms with Crippen molar-refractivity contribution in [1.82, 2.24) is 4.90 Å². The number of amides is 2. The van der Waals surface area contributed by atoms with E-state index in [4.69, 9.17) is 9.47 Å². The van der Waals surface area contributed by atoms with Crippen LogP contribution in [0.4, 0.5) is 5.69 Å². The highest BCUT2D eigenvalue weighted by Gasteiger charge is 2.18. The number of nitrogens with zero attached hydrogens (tertiary/aromatic N) is 1. The summed E-state index contributed by atoms with van der Waals surface area (Å²) in [5, 5.41) is 2.84. The summed E-state index contributed by atoms with van der Waals surface area (Å²) < 4.78 is 10.4. The summed E-state index contributed by atoms with van der Waals surface area (Å²) in [6.45, 7) is 1.58. The summed E-state index contributed by atoms with van der Waals surface area (Å²) in [7, 11) is 3.07. The van der Waals surface area contributed by atoms with E-state index in [1.54, 1.807) is 42.5 Å². The van der Waals surface area contributed by atoms with Crippen LogP contribution in [0.15, 0.2) is 42.5 Å². The monoisotopic (exact) mass is 368 g/mol. The lowest BCUT2D eigenvalue weighted by atomic mass is 10.1. The first kappa shape index (κ1) is 18.8. The number of anilines is 1. The number of methoxy groups -OCH3 is 2. The van der Waals surface area contributed by atoms with Gasteiger partial charge in [0.05, 0.1) is 14.2 Å². The summed E-state index contributed by atoms with van der Waals surface area (Å²) in [5.41, 5.74) is 1.57. The largest absolute Gasteiger partial charge is 0.497 e. The Labute approximate surface area is 159 Å². The molecule has 0 unspecified atom stereocenters. The zero-order valence-corrected chi connectivity index (χ0v) is 15.7. The average Bonchev–Trinajstić information content (AvgIpc) is 2.73. The summed E-state index contributed by atoms with van der Waals surface area (Å²) >= 11 is 0. The van der Waals surface area contributed by atoms with Gasteiger partial charge in [0.15, 0.2) is 0 Å².